The van der Waals surface area contributed by atoms with Crippen LogP contribution in [0.25, 0.3) is 0 Å². The molecule has 0 radical (unpaired) electrons. The summed E-state index contributed by atoms with van der Waals surface area (Å²) in [5, 5.41) is 10.3. The molecule has 1 aliphatic rings. The van der Waals surface area contributed by atoms with E-state index in [1.807, 2.05) is 36.4 Å². The van der Waals surface area contributed by atoms with Crippen molar-refractivity contribution in [3.63, 3.8) is 0 Å². The van der Waals surface area contributed by atoms with Gasteiger partial charge < -0.3 is 5.11 Å². The van der Waals surface area contributed by atoms with Crippen LogP contribution in [0.2, 0.25) is 0 Å². The zero-order valence-electron chi connectivity index (χ0n) is 10.2. The van der Waals surface area contributed by atoms with Gasteiger partial charge in [0.25, 0.3) is 0 Å². The van der Waals surface area contributed by atoms with E-state index in [1.165, 1.54) is 5.56 Å². The molecule has 3 rings (SSSR count). The smallest absolute Gasteiger partial charge is 0.0957 e. The maximum Gasteiger partial charge on any atom is 0.0957 e. The van der Waals surface area contributed by atoms with Gasteiger partial charge in [-0.15, -0.1) is 0 Å². The molecule has 1 N–H and O–H groups in total. The zero-order chi connectivity index (χ0) is 12.4. The fourth-order valence-corrected chi connectivity index (χ4v) is 2.36. The molecule has 92 valence electrons. The standard InChI is InChI=1S/C16H17NO/c18-16(14-9-5-2-6-10-14)15-12-17(15)11-13-7-3-1-4-8-13/h1-10,15-16,18H,11-12H2/t15-,16+,17?/m1/s1. The van der Waals surface area contributed by atoms with Crippen molar-refractivity contribution in [1.29, 1.82) is 0 Å². The molecule has 0 aliphatic carbocycles. The maximum absolute atomic E-state index is 10.3. The third-order valence-electron chi connectivity index (χ3n) is 3.49. The minimum Gasteiger partial charge on any atom is -0.387 e. The average molecular weight is 239 g/mol. The number of benzene rings is 2. The average Bonchev–Trinajstić information content (AvgIpc) is 3.19. The van der Waals surface area contributed by atoms with Crippen molar-refractivity contribution in [3.8, 4) is 0 Å². The summed E-state index contributed by atoms with van der Waals surface area (Å²) in [5.74, 6) is 0. The van der Waals surface area contributed by atoms with Crippen molar-refractivity contribution in [2.45, 2.75) is 18.7 Å². The van der Waals surface area contributed by atoms with E-state index in [0.29, 0.717) is 0 Å². The number of nitrogens with zero attached hydrogens (tertiary/aromatic N) is 1. The molecular weight excluding hydrogens is 222 g/mol. The maximum atomic E-state index is 10.3. The monoisotopic (exact) mass is 239 g/mol. The van der Waals surface area contributed by atoms with Gasteiger partial charge in [0.2, 0.25) is 0 Å². The Balaban J connectivity index is 1.61. The summed E-state index contributed by atoms with van der Waals surface area (Å²) in [6, 6.07) is 20.6. The van der Waals surface area contributed by atoms with Gasteiger partial charge >= 0.3 is 0 Å². The van der Waals surface area contributed by atoms with Gasteiger partial charge in [0, 0.05) is 13.1 Å². The summed E-state index contributed by atoms with van der Waals surface area (Å²) in [4.78, 5) is 2.30. The summed E-state index contributed by atoms with van der Waals surface area (Å²) in [6.07, 6.45) is -0.366. The topological polar surface area (TPSA) is 23.2 Å². The Hall–Kier alpha value is -1.64. The fourth-order valence-electron chi connectivity index (χ4n) is 2.36. The summed E-state index contributed by atoms with van der Waals surface area (Å²) in [6.45, 7) is 1.90. The normalized spacial score (nSPS) is 23.6. The third kappa shape index (κ3) is 2.45. The first kappa shape index (κ1) is 11.5. The molecule has 1 aliphatic heterocycles. The SMILES string of the molecule is O[C@@H](c1ccccc1)[C@H]1CN1Cc1ccccc1. The highest BCUT2D eigenvalue weighted by Crippen LogP contribution is 2.32. The Bertz CT molecular complexity index is 497. The number of hydrogen-bond acceptors (Lipinski definition) is 2. The highest BCUT2D eigenvalue weighted by Gasteiger charge is 2.40. The second-order valence-corrected chi connectivity index (χ2v) is 4.84. The van der Waals surface area contributed by atoms with Crippen LogP contribution in [0, 0.1) is 0 Å². The predicted molar refractivity (Wildman–Crippen MR) is 72.0 cm³/mol. The summed E-state index contributed by atoms with van der Waals surface area (Å²) in [5.41, 5.74) is 2.32. The van der Waals surface area contributed by atoms with Crippen LogP contribution >= 0.6 is 0 Å². The van der Waals surface area contributed by atoms with Crippen molar-refractivity contribution in [1.82, 2.24) is 4.90 Å². The van der Waals surface area contributed by atoms with E-state index in [2.05, 4.69) is 29.2 Å². The fraction of sp³-hybridized carbons (Fsp3) is 0.250. The first-order chi connectivity index (χ1) is 8.84. The van der Waals surface area contributed by atoms with Gasteiger partial charge in [0.1, 0.15) is 0 Å². The molecule has 0 spiro atoms. The van der Waals surface area contributed by atoms with E-state index < -0.39 is 0 Å². The number of rotatable bonds is 4. The second-order valence-electron chi connectivity index (χ2n) is 4.84. The minimum absolute atomic E-state index is 0.271. The highest BCUT2D eigenvalue weighted by molar-refractivity contribution is 5.22. The van der Waals surface area contributed by atoms with Gasteiger partial charge in [0.05, 0.1) is 12.1 Å². The van der Waals surface area contributed by atoms with Crippen molar-refractivity contribution < 1.29 is 5.11 Å². The lowest BCUT2D eigenvalue weighted by atomic mass is 10.1. The van der Waals surface area contributed by atoms with Crippen LogP contribution in [-0.2, 0) is 6.54 Å². The lowest BCUT2D eigenvalue weighted by Gasteiger charge is -2.11. The molecular formula is C16H17NO. The van der Waals surface area contributed by atoms with Crippen LogP contribution in [-0.4, -0.2) is 22.6 Å². The third-order valence-corrected chi connectivity index (χ3v) is 3.49. The Morgan fingerprint density at radius 3 is 2.28 bits per heavy atom. The van der Waals surface area contributed by atoms with Crippen LogP contribution in [0.5, 0.6) is 0 Å². The molecule has 0 bridgehead atoms. The Labute approximate surface area is 107 Å². The van der Waals surface area contributed by atoms with Crippen molar-refractivity contribution in [3.05, 3.63) is 71.8 Å². The molecule has 2 heteroatoms. The second kappa shape index (κ2) is 4.92. The summed E-state index contributed by atoms with van der Waals surface area (Å²) < 4.78 is 0. The lowest BCUT2D eigenvalue weighted by Crippen LogP contribution is -2.11. The number of aliphatic hydroxyl groups excluding tert-OH is 1. The molecule has 3 atom stereocenters. The molecule has 2 aromatic rings. The van der Waals surface area contributed by atoms with E-state index in [-0.39, 0.29) is 12.1 Å². The molecule has 0 aromatic heterocycles. The molecule has 0 amide bonds. The van der Waals surface area contributed by atoms with Crippen LogP contribution in [0.1, 0.15) is 17.2 Å². The Morgan fingerprint density at radius 2 is 1.61 bits per heavy atom. The van der Waals surface area contributed by atoms with Crippen molar-refractivity contribution in [2.24, 2.45) is 0 Å². The van der Waals surface area contributed by atoms with Gasteiger partial charge in [-0.3, -0.25) is 4.90 Å². The molecule has 18 heavy (non-hydrogen) atoms. The molecule has 0 saturated carbocycles. The molecule has 1 saturated heterocycles. The zero-order valence-corrected chi connectivity index (χ0v) is 10.2. The minimum atomic E-state index is -0.366. The van der Waals surface area contributed by atoms with Crippen LogP contribution in [0.3, 0.4) is 0 Å². The van der Waals surface area contributed by atoms with Crippen LogP contribution < -0.4 is 0 Å². The Kier molecular flexibility index (Phi) is 3.13. The van der Waals surface area contributed by atoms with Gasteiger partial charge in [-0.25, -0.2) is 0 Å². The highest BCUT2D eigenvalue weighted by atomic mass is 16.3. The van der Waals surface area contributed by atoms with E-state index in [1.54, 1.807) is 0 Å². The van der Waals surface area contributed by atoms with E-state index in [0.717, 1.165) is 18.7 Å². The first-order valence-electron chi connectivity index (χ1n) is 6.35. The lowest BCUT2D eigenvalue weighted by molar-refractivity contribution is 0.157. The van der Waals surface area contributed by atoms with E-state index in [4.69, 9.17) is 0 Å². The summed E-state index contributed by atoms with van der Waals surface area (Å²) in [7, 11) is 0. The van der Waals surface area contributed by atoms with Crippen LogP contribution in [0.15, 0.2) is 60.7 Å². The quantitative estimate of drug-likeness (QED) is 0.829. The van der Waals surface area contributed by atoms with Gasteiger partial charge in [-0.05, 0) is 11.1 Å². The van der Waals surface area contributed by atoms with Crippen molar-refractivity contribution >= 4 is 0 Å². The van der Waals surface area contributed by atoms with Gasteiger partial charge in [0.15, 0.2) is 0 Å². The summed E-state index contributed by atoms with van der Waals surface area (Å²) >= 11 is 0. The largest absolute Gasteiger partial charge is 0.387 e. The van der Waals surface area contributed by atoms with E-state index in [9.17, 15) is 5.11 Å². The number of aliphatic hydroxyl groups is 1. The molecule has 1 unspecified atom stereocenters. The predicted octanol–water partition coefficient (Wildman–Crippen LogP) is 2.60. The number of hydrogen-bond donors (Lipinski definition) is 1. The van der Waals surface area contributed by atoms with Crippen molar-refractivity contribution in [2.75, 3.05) is 6.54 Å². The molecule has 1 heterocycles. The van der Waals surface area contributed by atoms with Gasteiger partial charge in [-0.2, -0.15) is 0 Å². The van der Waals surface area contributed by atoms with E-state index >= 15 is 0 Å². The molecule has 1 fully saturated rings. The first-order valence-corrected chi connectivity index (χ1v) is 6.35. The molecule has 2 aromatic carbocycles. The molecule has 2 nitrogen and oxygen atoms in total. The van der Waals surface area contributed by atoms with Gasteiger partial charge in [-0.1, -0.05) is 60.7 Å². The van der Waals surface area contributed by atoms with Crippen LogP contribution in [0.4, 0.5) is 0 Å². The Morgan fingerprint density at radius 1 is 1.00 bits per heavy atom.